The smallest absolute Gasteiger partial charge is 0.146 e. The van der Waals surface area contributed by atoms with Crippen molar-refractivity contribution in [3.05, 3.63) is 23.7 Å². The van der Waals surface area contributed by atoms with E-state index in [1.807, 2.05) is 16.8 Å². The van der Waals surface area contributed by atoms with E-state index in [4.69, 9.17) is 16.3 Å². The van der Waals surface area contributed by atoms with E-state index in [9.17, 15) is 0 Å². The molecule has 0 bridgehead atoms. The molecule has 0 saturated heterocycles. The summed E-state index contributed by atoms with van der Waals surface area (Å²) in [5.41, 5.74) is 0.809. The molecule has 0 atom stereocenters. The van der Waals surface area contributed by atoms with Crippen LogP contribution in [0.3, 0.4) is 0 Å². The predicted molar refractivity (Wildman–Crippen MR) is 66.9 cm³/mol. The minimum absolute atomic E-state index is 0.480. The molecule has 2 heterocycles. The maximum atomic E-state index is 5.95. The number of ether oxygens (including phenoxy) is 1. The molecule has 6 heteroatoms. The third kappa shape index (κ3) is 2.48. The Morgan fingerprint density at radius 2 is 2.38 bits per heavy atom. The molecule has 2 aromatic heterocycles. The summed E-state index contributed by atoms with van der Waals surface area (Å²) in [6.07, 6.45) is 5.43. The monoisotopic (exact) mass is 257 g/mol. The minimum atomic E-state index is 0.480. The van der Waals surface area contributed by atoms with Gasteiger partial charge in [-0.25, -0.2) is 9.97 Å². The van der Waals surface area contributed by atoms with E-state index in [2.05, 4.69) is 16.2 Å². The van der Waals surface area contributed by atoms with Crippen molar-refractivity contribution in [2.45, 2.75) is 6.73 Å². The van der Waals surface area contributed by atoms with Gasteiger partial charge in [0.2, 0.25) is 0 Å². The van der Waals surface area contributed by atoms with Crippen LogP contribution in [0.4, 0.5) is 0 Å². The van der Waals surface area contributed by atoms with Gasteiger partial charge in [-0.15, -0.1) is 0 Å². The molecule has 0 aliphatic rings. The third-order valence-electron chi connectivity index (χ3n) is 2.17. The van der Waals surface area contributed by atoms with Gasteiger partial charge in [0.1, 0.15) is 23.9 Å². The first-order valence-corrected chi connectivity index (χ1v) is 6.62. The van der Waals surface area contributed by atoms with E-state index in [0.29, 0.717) is 11.9 Å². The van der Waals surface area contributed by atoms with Crippen molar-refractivity contribution in [2.75, 3.05) is 18.6 Å². The molecular formula is C10H12ClN3OS. The highest BCUT2D eigenvalue weighted by molar-refractivity contribution is 7.98. The lowest BCUT2D eigenvalue weighted by molar-refractivity contribution is 0.0926. The molecule has 86 valence electrons. The number of aromatic nitrogens is 3. The summed E-state index contributed by atoms with van der Waals surface area (Å²) in [6.45, 7) is 1.23. The van der Waals surface area contributed by atoms with Gasteiger partial charge in [-0.05, 0) is 12.3 Å². The lowest BCUT2D eigenvalue weighted by Crippen LogP contribution is -2.04. The van der Waals surface area contributed by atoms with Gasteiger partial charge in [0.05, 0.1) is 12.0 Å². The minimum Gasteiger partial charge on any atom is -0.360 e. The van der Waals surface area contributed by atoms with Crippen LogP contribution in [0.15, 0.2) is 18.6 Å². The summed E-state index contributed by atoms with van der Waals surface area (Å²) in [6, 6.07) is 1.90. The van der Waals surface area contributed by atoms with Crippen molar-refractivity contribution in [1.29, 1.82) is 0 Å². The number of nitrogens with zero attached hydrogens (tertiary/aromatic N) is 3. The highest BCUT2D eigenvalue weighted by Crippen LogP contribution is 2.19. The van der Waals surface area contributed by atoms with Crippen LogP contribution in [-0.4, -0.2) is 33.2 Å². The molecule has 0 aromatic carbocycles. The highest BCUT2D eigenvalue weighted by atomic mass is 35.5. The quantitative estimate of drug-likeness (QED) is 0.609. The zero-order chi connectivity index (χ0) is 11.4. The van der Waals surface area contributed by atoms with Crippen LogP contribution in [0.2, 0.25) is 5.15 Å². The second-order valence-electron chi connectivity index (χ2n) is 3.22. The second kappa shape index (κ2) is 5.52. The molecule has 0 N–H and O–H groups in total. The number of hydrogen-bond acceptors (Lipinski definition) is 4. The van der Waals surface area contributed by atoms with Crippen molar-refractivity contribution in [3.63, 3.8) is 0 Å². The van der Waals surface area contributed by atoms with Gasteiger partial charge in [-0.1, -0.05) is 11.6 Å². The van der Waals surface area contributed by atoms with Crippen LogP contribution in [-0.2, 0) is 11.5 Å². The maximum absolute atomic E-state index is 5.95. The Morgan fingerprint density at radius 3 is 3.19 bits per heavy atom. The van der Waals surface area contributed by atoms with E-state index in [0.717, 1.165) is 23.4 Å². The average molecular weight is 258 g/mol. The van der Waals surface area contributed by atoms with Gasteiger partial charge in [0, 0.05) is 11.9 Å². The molecule has 0 radical (unpaired) electrons. The normalized spacial score (nSPS) is 11.1. The van der Waals surface area contributed by atoms with Crippen LogP contribution < -0.4 is 0 Å². The Morgan fingerprint density at radius 1 is 1.50 bits per heavy atom. The number of hydrogen-bond donors (Lipinski definition) is 0. The Balaban J connectivity index is 2.10. The van der Waals surface area contributed by atoms with Gasteiger partial charge >= 0.3 is 0 Å². The number of halogens is 1. The van der Waals surface area contributed by atoms with Crippen LogP contribution in [0.5, 0.6) is 0 Å². The summed E-state index contributed by atoms with van der Waals surface area (Å²) in [4.78, 5) is 8.11. The standard InChI is InChI=1S/C10H12ClN3OS/c1-16-5-4-15-7-14-3-2-8-9(11)12-6-13-10(8)14/h2-3,6H,4-5,7H2,1H3. The van der Waals surface area contributed by atoms with Gasteiger partial charge in [0.15, 0.2) is 0 Å². The molecule has 0 amide bonds. The van der Waals surface area contributed by atoms with E-state index >= 15 is 0 Å². The van der Waals surface area contributed by atoms with E-state index < -0.39 is 0 Å². The van der Waals surface area contributed by atoms with Crippen molar-refractivity contribution >= 4 is 34.4 Å². The molecule has 0 spiro atoms. The van der Waals surface area contributed by atoms with Crippen LogP contribution >= 0.6 is 23.4 Å². The first kappa shape index (κ1) is 11.7. The molecule has 2 rings (SSSR count). The van der Waals surface area contributed by atoms with Gasteiger partial charge in [0.25, 0.3) is 0 Å². The Bertz CT molecular complexity index is 474. The maximum Gasteiger partial charge on any atom is 0.146 e. The van der Waals surface area contributed by atoms with Crippen LogP contribution in [0, 0.1) is 0 Å². The third-order valence-corrected chi connectivity index (χ3v) is 3.05. The van der Waals surface area contributed by atoms with Gasteiger partial charge in [-0.2, -0.15) is 11.8 Å². The lowest BCUT2D eigenvalue weighted by atomic mass is 10.4. The van der Waals surface area contributed by atoms with Crippen LogP contribution in [0.25, 0.3) is 11.0 Å². The Hall–Kier alpha value is -0.780. The van der Waals surface area contributed by atoms with Gasteiger partial charge in [-0.3, -0.25) is 0 Å². The molecule has 0 unspecified atom stereocenters. The van der Waals surface area contributed by atoms with E-state index in [1.54, 1.807) is 11.8 Å². The predicted octanol–water partition coefficient (Wildman–Crippen LogP) is 2.42. The molecule has 4 nitrogen and oxygen atoms in total. The number of fused-ring (bicyclic) bond motifs is 1. The van der Waals surface area contributed by atoms with Crippen LogP contribution in [0.1, 0.15) is 0 Å². The summed E-state index contributed by atoms with van der Waals surface area (Å²) in [5, 5.41) is 1.34. The first-order valence-electron chi connectivity index (χ1n) is 4.85. The number of thioether (sulfide) groups is 1. The van der Waals surface area contributed by atoms with Gasteiger partial charge < -0.3 is 9.30 Å². The fourth-order valence-electron chi connectivity index (χ4n) is 1.38. The highest BCUT2D eigenvalue weighted by Gasteiger charge is 2.05. The fourth-order valence-corrected chi connectivity index (χ4v) is 1.86. The molecule has 0 saturated carbocycles. The second-order valence-corrected chi connectivity index (χ2v) is 4.56. The fraction of sp³-hybridized carbons (Fsp3) is 0.400. The topological polar surface area (TPSA) is 39.9 Å². The molecule has 0 aliphatic heterocycles. The number of rotatable bonds is 5. The average Bonchev–Trinajstić information content (AvgIpc) is 2.70. The molecule has 16 heavy (non-hydrogen) atoms. The van der Waals surface area contributed by atoms with Crippen molar-refractivity contribution < 1.29 is 4.74 Å². The largest absolute Gasteiger partial charge is 0.360 e. The Labute approximate surface area is 103 Å². The van der Waals surface area contributed by atoms with Crippen molar-refractivity contribution in [3.8, 4) is 0 Å². The first-order chi connectivity index (χ1) is 7.83. The SMILES string of the molecule is CSCCOCn1ccc2c(Cl)ncnc21. The Kier molecular flexibility index (Phi) is 4.04. The zero-order valence-corrected chi connectivity index (χ0v) is 10.5. The molecule has 2 aromatic rings. The summed E-state index contributed by atoms with van der Waals surface area (Å²) >= 11 is 7.71. The zero-order valence-electron chi connectivity index (χ0n) is 8.89. The van der Waals surface area contributed by atoms with E-state index in [-0.39, 0.29) is 0 Å². The lowest BCUT2D eigenvalue weighted by Gasteiger charge is -2.05. The van der Waals surface area contributed by atoms with E-state index in [1.165, 1.54) is 6.33 Å². The molecule has 0 fully saturated rings. The van der Waals surface area contributed by atoms with Crippen molar-refractivity contribution in [1.82, 2.24) is 14.5 Å². The summed E-state index contributed by atoms with van der Waals surface area (Å²) < 4.78 is 7.42. The summed E-state index contributed by atoms with van der Waals surface area (Å²) in [5.74, 6) is 0.995. The molecule has 0 aliphatic carbocycles. The van der Waals surface area contributed by atoms with Crippen molar-refractivity contribution in [2.24, 2.45) is 0 Å². The molecular weight excluding hydrogens is 246 g/mol. The summed E-state index contributed by atoms with van der Waals surface area (Å²) in [7, 11) is 0.